The Balaban J connectivity index is 1.82. The first-order chi connectivity index (χ1) is 11.8. The third kappa shape index (κ3) is 3.55. The largest absolute Gasteiger partial charge is 0.457 e. The SMILES string of the molecule is N#CC(C1=NCCCN1)=C(N)c1ccc(Oc2ccccc2)cc1. The van der Waals surface area contributed by atoms with E-state index in [-0.39, 0.29) is 0 Å². The Bertz CT molecular complexity index is 802. The van der Waals surface area contributed by atoms with Crippen LogP contribution < -0.4 is 15.8 Å². The summed E-state index contributed by atoms with van der Waals surface area (Å²) in [6.07, 6.45) is 0.966. The van der Waals surface area contributed by atoms with E-state index in [0.717, 1.165) is 24.3 Å². The minimum absolute atomic E-state index is 0.381. The highest BCUT2D eigenvalue weighted by Crippen LogP contribution is 2.23. The van der Waals surface area contributed by atoms with Crippen molar-refractivity contribution in [1.82, 2.24) is 5.32 Å². The molecule has 5 heteroatoms. The second-order valence-electron chi connectivity index (χ2n) is 5.35. The van der Waals surface area contributed by atoms with E-state index in [0.29, 0.717) is 29.4 Å². The highest BCUT2D eigenvalue weighted by Gasteiger charge is 2.14. The van der Waals surface area contributed by atoms with Crippen LogP contribution >= 0.6 is 0 Å². The molecule has 0 radical (unpaired) electrons. The number of nitrogens with one attached hydrogen (secondary N) is 1. The van der Waals surface area contributed by atoms with Crippen LogP contribution in [0.2, 0.25) is 0 Å². The lowest BCUT2D eigenvalue weighted by molar-refractivity contribution is 0.482. The number of nitriles is 1. The van der Waals surface area contributed by atoms with Crippen LogP contribution in [0.4, 0.5) is 0 Å². The number of hydrogen-bond donors (Lipinski definition) is 2. The van der Waals surface area contributed by atoms with Gasteiger partial charge in [-0.1, -0.05) is 18.2 Å². The van der Waals surface area contributed by atoms with Gasteiger partial charge in [0.05, 0.1) is 5.70 Å². The van der Waals surface area contributed by atoms with Crippen molar-refractivity contribution in [1.29, 1.82) is 5.26 Å². The number of hydrogen-bond acceptors (Lipinski definition) is 5. The Labute approximate surface area is 141 Å². The second kappa shape index (κ2) is 7.34. The van der Waals surface area contributed by atoms with E-state index in [1.165, 1.54) is 0 Å². The Morgan fingerprint density at radius 1 is 1.08 bits per heavy atom. The van der Waals surface area contributed by atoms with Crippen molar-refractivity contribution in [3.05, 3.63) is 65.7 Å². The molecule has 0 saturated carbocycles. The molecule has 1 aliphatic heterocycles. The van der Waals surface area contributed by atoms with Crippen LogP contribution in [0.5, 0.6) is 11.5 Å². The van der Waals surface area contributed by atoms with Gasteiger partial charge in [-0.25, -0.2) is 0 Å². The minimum atomic E-state index is 0.381. The van der Waals surface area contributed by atoms with E-state index in [2.05, 4.69) is 16.4 Å². The van der Waals surface area contributed by atoms with Crippen LogP contribution in [0.15, 0.2) is 65.2 Å². The van der Waals surface area contributed by atoms with Crippen LogP contribution in [0.1, 0.15) is 12.0 Å². The van der Waals surface area contributed by atoms with Gasteiger partial charge in [0, 0.05) is 13.1 Å². The molecule has 120 valence electrons. The maximum atomic E-state index is 9.43. The molecule has 3 rings (SSSR count). The Morgan fingerprint density at radius 2 is 1.79 bits per heavy atom. The summed E-state index contributed by atoms with van der Waals surface area (Å²) in [6, 6.07) is 19.1. The molecule has 0 unspecified atom stereocenters. The fraction of sp³-hybridized carbons (Fsp3) is 0.158. The smallest absolute Gasteiger partial charge is 0.141 e. The van der Waals surface area contributed by atoms with Crippen molar-refractivity contribution in [2.45, 2.75) is 6.42 Å². The molecule has 2 aromatic rings. The predicted molar refractivity (Wildman–Crippen MR) is 94.6 cm³/mol. The molecular weight excluding hydrogens is 300 g/mol. The maximum Gasteiger partial charge on any atom is 0.141 e. The number of nitrogens with two attached hydrogens (primary N) is 1. The molecule has 0 spiro atoms. The molecule has 1 heterocycles. The lowest BCUT2D eigenvalue weighted by Crippen LogP contribution is -2.31. The summed E-state index contributed by atoms with van der Waals surface area (Å²) >= 11 is 0. The maximum absolute atomic E-state index is 9.43. The van der Waals surface area contributed by atoms with Crippen molar-refractivity contribution in [3.8, 4) is 17.6 Å². The summed E-state index contributed by atoms with van der Waals surface area (Å²) in [5.41, 5.74) is 7.74. The molecule has 0 aliphatic carbocycles. The second-order valence-corrected chi connectivity index (χ2v) is 5.35. The number of para-hydroxylation sites is 1. The van der Waals surface area contributed by atoms with Gasteiger partial charge in [-0.15, -0.1) is 0 Å². The first-order valence-corrected chi connectivity index (χ1v) is 7.80. The predicted octanol–water partition coefficient (Wildman–Crippen LogP) is 3.06. The topological polar surface area (TPSA) is 83.4 Å². The monoisotopic (exact) mass is 318 g/mol. The number of rotatable bonds is 4. The van der Waals surface area contributed by atoms with Gasteiger partial charge in [0.25, 0.3) is 0 Å². The van der Waals surface area contributed by atoms with Gasteiger partial charge in [-0.3, -0.25) is 4.99 Å². The van der Waals surface area contributed by atoms with Crippen LogP contribution in [0.3, 0.4) is 0 Å². The van der Waals surface area contributed by atoms with E-state index >= 15 is 0 Å². The Hall–Kier alpha value is -3.26. The Morgan fingerprint density at radius 3 is 2.42 bits per heavy atom. The zero-order valence-corrected chi connectivity index (χ0v) is 13.2. The van der Waals surface area contributed by atoms with Crippen LogP contribution in [-0.2, 0) is 0 Å². The van der Waals surface area contributed by atoms with Crippen molar-refractivity contribution in [3.63, 3.8) is 0 Å². The van der Waals surface area contributed by atoms with Gasteiger partial charge in [-0.05, 0) is 48.4 Å². The first kappa shape index (κ1) is 15.6. The van der Waals surface area contributed by atoms with Gasteiger partial charge in [-0.2, -0.15) is 5.26 Å². The van der Waals surface area contributed by atoms with Gasteiger partial charge < -0.3 is 15.8 Å². The highest BCUT2D eigenvalue weighted by molar-refractivity contribution is 6.08. The van der Waals surface area contributed by atoms with Crippen LogP contribution in [-0.4, -0.2) is 18.9 Å². The first-order valence-electron chi connectivity index (χ1n) is 7.80. The standard InChI is InChI=1S/C19H18N4O/c20-13-17(19-22-11-4-12-23-19)18(21)14-7-9-16(10-8-14)24-15-5-2-1-3-6-15/h1-3,5-10H,4,11-12,21H2,(H,22,23). The summed E-state index contributed by atoms with van der Waals surface area (Å²) < 4.78 is 5.76. The van der Waals surface area contributed by atoms with Crippen LogP contribution in [0.25, 0.3) is 5.70 Å². The van der Waals surface area contributed by atoms with Crippen molar-refractivity contribution in [2.75, 3.05) is 13.1 Å². The quantitative estimate of drug-likeness (QED) is 0.849. The molecule has 0 saturated heterocycles. The van der Waals surface area contributed by atoms with Crippen molar-refractivity contribution >= 4 is 11.5 Å². The molecule has 0 fully saturated rings. The van der Waals surface area contributed by atoms with E-state index in [1.54, 1.807) is 0 Å². The number of nitrogens with zero attached hydrogens (tertiary/aromatic N) is 2. The third-order valence-corrected chi connectivity index (χ3v) is 3.66. The van der Waals surface area contributed by atoms with Crippen molar-refractivity contribution in [2.24, 2.45) is 10.7 Å². The number of aliphatic imine (C=N–C) groups is 1. The van der Waals surface area contributed by atoms with E-state index in [4.69, 9.17) is 10.5 Å². The average Bonchev–Trinajstić information content (AvgIpc) is 2.65. The molecule has 0 aromatic heterocycles. The average molecular weight is 318 g/mol. The summed E-state index contributed by atoms with van der Waals surface area (Å²) in [5, 5.41) is 12.6. The Kier molecular flexibility index (Phi) is 4.78. The molecule has 0 amide bonds. The van der Waals surface area contributed by atoms with E-state index in [9.17, 15) is 5.26 Å². The minimum Gasteiger partial charge on any atom is -0.457 e. The number of amidine groups is 1. The molecule has 2 aromatic carbocycles. The molecule has 1 aliphatic rings. The molecule has 0 bridgehead atoms. The fourth-order valence-electron chi connectivity index (χ4n) is 2.41. The molecule has 5 nitrogen and oxygen atoms in total. The van der Waals surface area contributed by atoms with Gasteiger partial charge in [0.1, 0.15) is 29.0 Å². The fourth-order valence-corrected chi connectivity index (χ4v) is 2.41. The third-order valence-electron chi connectivity index (χ3n) is 3.66. The van der Waals surface area contributed by atoms with Crippen molar-refractivity contribution < 1.29 is 4.74 Å². The number of benzene rings is 2. The van der Waals surface area contributed by atoms with E-state index < -0.39 is 0 Å². The van der Waals surface area contributed by atoms with Gasteiger partial charge in [0.15, 0.2) is 0 Å². The van der Waals surface area contributed by atoms with Crippen LogP contribution in [0, 0.1) is 11.3 Å². The summed E-state index contributed by atoms with van der Waals surface area (Å²) in [4.78, 5) is 4.34. The summed E-state index contributed by atoms with van der Waals surface area (Å²) in [7, 11) is 0. The van der Waals surface area contributed by atoms with Gasteiger partial charge >= 0.3 is 0 Å². The molecular formula is C19H18N4O. The molecule has 0 atom stereocenters. The lowest BCUT2D eigenvalue weighted by Gasteiger charge is -2.15. The number of ether oxygens (including phenoxy) is 1. The lowest BCUT2D eigenvalue weighted by atomic mass is 10.1. The van der Waals surface area contributed by atoms with Gasteiger partial charge in [0.2, 0.25) is 0 Å². The normalized spacial score (nSPS) is 14.7. The highest BCUT2D eigenvalue weighted by atomic mass is 16.5. The summed E-state index contributed by atoms with van der Waals surface area (Å²) in [6.45, 7) is 1.52. The molecule has 3 N–H and O–H groups in total. The van der Waals surface area contributed by atoms with E-state index in [1.807, 2.05) is 54.6 Å². The zero-order valence-electron chi connectivity index (χ0n) is 13.2. The molecule has 24 heavy (non-hydrogen) atoms. The summed E-state index contributed by atoms with van der Waals surface area (Å²) in [5.74, 6) is 2.06. The zero-order chi connectivity index (χ0) is 16.8.